The maximum atomic E-state index is 11.4. The molecule has 0 radical (unpaired) electrons. The van der Waals surface area contributed by atoms with Crippen molar-refractivity contribution < 1.29 is 9.32 Å². The molecule has 1 N–H and O–H groups in total. The lowest BCUT2D eigenvalue weighted by Gasteiger charge is -2.02. The zero-order valence-corrected chi connectivity index (χ0v) is 15.2. The van der Waals surface area contributed by atoms with Crippen molar-refractivity contribution in [2.75, 3.05) is 7.05 Å². The minimum absolute atomic E-state index is 0.103. The standard InChI is InChI=1S/C18H17N5O2S/c1-11-13-8-14(17-20-15(22-25-17)9-16(24)19-2)26-18(13)23(21-11)10-12-6-4-3-5-7-12/h3-8H,9-10H2,1-2H3,(H,19,24). The van der Waals surface area contributed by atoms with Crippen molar-refractivity contribution in [3.63, 3.8) is 0 Å². The van der Waals surface area contributed by atoms with Crippen LogP contribution in [0.2, 0.25) is 0 Å². The summed E-state index contributed by atoms with van der Waals surface area (Å²) in [4.78, 5) is 17.7. The van der Waals surface area contributed by atoms with E-state index in [9.17, 15) is 4.79 Å². The van der Waals surface area contributed by atoms with Gasteiger partial charge in [0.25, 0.3) is 5.89 Å². The van der Waals surface area contributed by atoms with Gasteiger partial charge in [-0.3, -0.25) is 9.48 Å². The maximum absolute atomic E-state index is 11.4. The molecule has 0 unspecified atom stereocenters. The Morgan fingerprint density at radius 1 is 1.31 bits per heavy atom. The summed E-state index contributed by atoms with van der Waals surface area (Å²) in [6, 6.07) is 12.2. The highest BCUT2D eigenvalue weighted by molar-refractivity contribution is 7.21. The lowest BCUT2D eigenvalue weighted by molar-refractivity contribution is -0.120. The third-order valence-corrected chi connectivity index (χ3v) is 5.20. The zero-order valence-electron chi connectivity index (χ0n) is 14.4. The van der Waals surface area contributed by atoms with Gasteiger partial charge in [-0.25, -0.2) is 0 Å². The summed E-state index contributed by atoms with van der Waals surface area (Å²) in [5.74, 6) is 0.651. The van der Waals surface area contributed by atoms with E-state index >= 15 is 0 Å². The van der Waals surface area contributed by atoms with Gasteiger partial charge in [-0.15, -0.1) is 11.3 Å². The van der Waals surface area contributed by atoms with E-state index < -0.39 is 0 Å². The first-order chi connectivity index (χ1) is 12.6. The maximum Gasteiger partial charge on any atom is 0.268 e. The monoisotopic (exact) mass is 367 g/mol. The van der Waals surface area contributed by atoms with Crippen molar-refractivity contribution in [2.45, 2.75) is 19.9 Å². The Bertz CT molecular complexity index is 1060. The van der Waals surface area contributed by atoms with Crippen LogP contribution in [0, 0.1) is 6.92 Å². The van der Waals surface area contributed by atoms with Gasteiger partial charge in [0.1, 0.15) is 4.83 Å². The Balaban J connectivity index is 1.66. The smallest absolute Gasteiger partial charge is 0.268 e. The molecule has 1 amide bonds. The van der Waals surface area contributed by atoms with E-state index in [1.807, 2.05) is 35.9 Å². The average Bonchev–Trinajstić information content (AvgIpc) is 3.34. The third kappa shape index (κ3) is 3.11. The summed E-state index contributed by atoms with van der Waals surface area (Å²) < 4.78 is 7.33. The predicted molar refractivity (Wildman–Crippen MR) is 99.0 cm³/mol. The quantitative estimate of drug-likeness (QED) is 0.586. The third-order valence-electron chi connectivity index (χ3n) is 4.06. The second-order valence-electron chi connectivity index (χ2n) is 5.92. The predicted octanol–water partition coefficient (Wildman–Crippen LogP) is 2.79. The number of aromatic nitrogens is 4. The summed E-state index contributed by atoms with van der Waals surface area (Å²) in [6.45, 7) is 2.70. The zero-order chi connectivity index (χ0) is 18.1. The van der Waals surface area contributed by atoms with E-state index in [4.69, 9.17) is 4.52 Å². The Hall–Kier alpha value is -3.00. The van der Waals surface area contributed by atoms with E-state index in [0.29, 0.717) is 18.3 Å². The molecule has 4 aromatic rings. The molecule has 0 atom stereocenters. The van der Waals surface area contributed by atoms with Gasteiger partial charge < -0.3 is 9.84 Å². The number of hydrogen-bond donors (Lipinski definition) is 1. The highest BCUT2D eigenvalue weighted by atomic mass is 32.1. The van der Waals surface area contributed by atoms with Gasteiger partial charge in [0, 0.05) is 12.4 Å². The van der Waals surface area contributed by atoms with Crippen LogP contribution in [0.4, 0.5) is 0 Å². The van der Waals surface area contributed by atoms with Crippen molar-refractivity contribution in [1.29, 1.82) is 0 Å². The number of aryl methyl sites for hydroxylation is 1. The topological polar surface area (TPSA) is 85.8 Å². The summed E-state index contributed by atoms with van der Waals surface area (Å²) in [5.41, 5.74) is 2.15. The van der Waals surface area contributed by atoms with Gasteiger partial charge in [0.2, 0.25) is 5.91 Å². The molecule has 0 bridgehead atoms. The van der Waals surface area contributed by atoms with Crippen LogP contribution in [-0.2, 0) is 17.8 Å². The summed E-state index contributed by atoms with van der Waals surface area (Å²) in [7, 11) is 1.58. The molecule has 0 aliphatic carbocycles. The fraction of sp³-hybridized carbons (Fsp3) is 0.222. The molecule has 8 heteroatoms. The van der Waals surface area contributed by atoms with Crippen molar-refractivity contribution >= 4 is 27.5 Å². The molecular formula is C18H17N5O2S. The first-order valence-electron chi connectivity index (χ1n) is 8.18. The van der Waals surface area contributed by atoms with Crippen molar-refractivity contribution in [3.05, 3.63) is 53.5 Å². The first-order valence-corrected chi connectivity index (χ1v) is 9.00. The number of rotatable bonds is 5. The van der Waals surface area contributed by atoms with Crippen LogP contribution in [0.1, 0.15) is 17.1 Å². The largest absolute Gasteiger partial charge is 0.359 e. The normalized spacial score (nSPS) is 11.2. The Morgan fingerprint density at radius 2 is 2.12 bits per heavy atom. The van der Waals surface area contributed by atoms with Crippen LogP contribution in [0.5, 0.6) is 0 Å². The number of likely N-dealkylation sites (N-methyl/N-ethyl adjacent to an activating group) is 1. The molecule has 1 aromatic carbocycles. The van der Waals surface area contributed by atoms with Crippen molar-refractivity contribution in [3.8, 4) is 10.8 Å². The molecular weight excluding hydrogens is 350 g/mol. The molecule has 3 aromatic heterocycles. The molecule has 0 aliphatic rings. The molecule has 0 aliphatic heterocycles. The fourth-order valence-electron chi connectivity index (χ4n) is 2.74. The average molecular weight is 367 g/mol. The SMILES string of the molecule is CNC(=O)Cc1noc(-c2cc3c(C)nn(Cc4ccccc4)c3s2)n1. The van der Waals surface area contributed by atoms with Crippen LogP contribution in [-0.4, -0.2) is 32.9 Å². The lowest BCUT2D eigenvalue weighted by atomic mass is 10.2. The number of carbonyl (C=O) groups excluding carboxylic acids is 1. The van der Waals surface area contributed by atoms with Crippen LogP contribution in [0.25, 0.3) is 21.0 Å². The van der Waals surface area contributed by atoms with E-state index in [-0.39, 0.29) is 12.3 Å². The van der Waals surface area contributed by atoms with E-state index in [1.165, 1.54) is 5.56 Å². The van der Waals surface area contributed by atoms with Gasteiger partial charge in [-0.05, 0) is 18.6 Å². The van der Waals surface area contributed by atoms with Crippen molar-refractivity contribution in [2.24, 2.45) is 0 Å². The minimum Gasteiger partial charge on any atom is -0.359 e. The van der Waals surface area contributed by atoms with Gasteiger partial charge in [0.15, 0.2) is 5.82 Å². The van der Waals surface area contributed by atoms with E-state index in [1.54, 1.807) is 18.4 Å². The van der Waals surface area contributed by atoms with E-state index in [2.05, 4.69) is 32.7 Å². The number of nitrogens with zero attached hydrogens (tertiary/aromatic N) is 4. The molecule has 0 saturated heterocycles. The Labute approximate surface area is 153 Å². The minimum atomic E-state index is -0.150. The fourth-order valence-corrected chi connectivity index (χ4v) is 3.82. The van der Waals surface area contributed by atoms with Gasteiger partial charge in [0.05, 0.1) is 23.5 Å². The molecule has 0 fully saturated rings. The summed E-state index contributed by atoms with van der Waals surface area (Å²) >= 11 is 1.56. The molecule has 4 rings (SSSR count). The number of fused-ring (bicyclic) bond motifs is 1. The Kier molecular flexibility index (Phi) is 4.26. The molecule has 0 saturated carbocycles. The second-order valence-corrected chi connectivity index (χ2v) is 6.95. The van der Waals surface area contributed by atoms with Crippen LogP contribution in [0.3, 0.4) is 0 Å². The number of carbonyl (C=O) groups is 1. The van der Waals surface area contributed by atoms with Gasteiger partial charge >= 0.3 is 0 Å². The molecule has 0 spiro atoms. The van der Waals surface area contributed by atoms with E-state index in [0.717, 1.165) is 20.8 Å². The van der Waals surface area contributed by atoms with Crippen LogP contribution < -0.4 is 5.32 Å². The molecule has 26 heavy (non-hydrogen) atoms. The highest BCUT2D eigenvalue weighted by Crippen LogP contribution is 2.34. The molecule has 7 nitrogen and oxygen atoms in total. The first kappa shape index (κ1) is 16.5. The Morgan fingerprint density at radius 3 is 2.88 bits per heavy atom. The van der Waals surface area contributed by atoms with Crippen LogP contribution >= 0.6 is 11.3 Å². The van der Waals surface area contributed by atoms with Gasteiger partial charge in [-0.1, -0.05) is 35.5 Å². The van der Waals surface area contributed by atoms with Gasteiger partial charge in [-0.2, -0.15) is 10.1 Å². The number of hydrogen-bond acceptors (Lipinski definition) is 6. The van der Waals surface area contributed by atoms with Crippen molar-refractivity contribution in [1.82, 2.24) is 25.2 Å². The second kappa shape index (κ2) is 6.72. The number of benzene rings is 1. The highest BCUT2D eigenvalue weighted by Gasteiger charge is 2.18. The number of thiophene rings is 1. The molecule has 3 heterocycles. The lowest BCUT2D eigenvalue weighted by Crippen LogP contribution is -2.20. The van der Waals surface area contributed by atoms with Crippen LogP contribution in [0.15, 0.2) is 40.9 Å². The summed E-state index contributed by atoms with van der Waals surface area (Å²) in [5, 5.41) is 12.2. The number of nitrogens with one attached hydrogen (secondary N) is 1. The molecule has 132 valence electrons. The number of amides is 1. The summed E-state index contributed by atoms with van der Waals surface area (Å²) in [6.07, 6.45) is 0.103.